The third-order valence-corrected chi connectivity index (χ3v) is 5.77. The fraction of sp³-hybridized carbons (Fsp3) is 0.500. The molecular weight excluding hydrogens is 336 g/mol. The molecule has 2 N–H and O–H groups in total. The molecule has 0 saturated heterocycles. The number of phenolic OH excluding ortho intramolecular Hbond substituents is 2. The highest BCUT2D eigenvalue weighted by atomic mass is 16.5. The zero-order valence-corrected chi connectivity index (χ0v) is 17.6. The summed E-state index contributed by atoms with van der Waals surface area (Å²) in [4.78, 5) is 0. The van der Waals surface area contributed by atoms with Crippen molar-refractivity contribution in [1.29, 1.82) is 0 Å². The van der Waals surface area contributed by atoms with Crippen LogP contribution in [0.4, 0.5) is 0 Å². The number of benzene rings is 2. The van der Waals surface area contributed by atoms with E-state index in [9.17, 15) is 10.2 Å². The zero-order valence-electron chi connectivity index (χ0n) is 17.6. The summed E-state index contributed by atoms with van der Waals surface area (Å²) in [5.41, 5.74) is 3.08. The number of hydrogen-bond acceptors (Lipinski definition) is 3. The molecule has 0 unspecified atom stereocenters. The van der Waals surface area contributed by atoms with Crippen LogP contribution in [0.5, 0.6) is 17.2 Å². The van der Waals surface area contributed by atoms with Crippen molar-refractivity contribution in [2.24, 2.45) is 0 Å². The second kappa shape index (κ2) is 8.24. The topological polar surface area (TPSA) is 49.7 Å². The van der Waals surface area contributed by atoms with Gasteiger partial charge in [-0.3, -0.25) is 0 Å². The number of hydrogen-bond donors (Lipinski definition) is 2. The van der Waals surface area contributed by atoms with E-state index < -0.39 is 0 Å². The van der Waals surface area contributed by atoms with E-state index in [1.54, 1.807) is 6.07 Å². The maximum absolute atomic E-state index is 10.5. The molecular formula is C24H34O3. The molecule has 0 aromatic heterocycles. The van der Waals surface area contributed by atoms with E-state index in [1.807, 2.05) is 31.2 Å². The van der Waals surface area contributed by atoms with Crippen LogP contribution >= 0.6 is 0 Å². The van der Waals surface area contributed by atoms with E-state index >= 15 is 0 Å². The van der Waals surface area contributed by atoms with Crippen LogP contribution in [0, 0.1) is 0 Å². The number of phenols is 2. The Kier molecular flexibility index (Phi) is 6.46. The van der Waals surface area contributed by atoms with Crippen LogP contribution in [0.15, 0.2) is 36.4 Å². The fourth-order valence-electron chi connectivity index (χ4n) is 3.36. The predicted octanol–water partition coefficient (Wildman–Crippen LogP) is 6.09. The lowest BCUT2D eigenvalue weighted by Crippen LogP contribution is -2.21. The smallest absolute Gasteiger partial charge is 0.164 e. The highest BCUT2D eigenvalue weighted by molar-refractivity contribution is 5.47. The van der Waals surface area contributed by atoms with Crippen molar-refractivity contribution in [2.45, 2.75) is 71.6 Å². The van der Waals surface area contributed by atoms with Crippen LogP contribution in [-0.2, 0) is 17.3 Å². The molecule has 0 amide bonds. The summed E-state index contributed by atoms with van der Waals surface area (Å²) < 4.78 is 5.64. The molecule has 0 heterocycles. The molecule has 0 aliphatic heterocycles. The number of aromatic hydroxyl groups is 2. The van der Waals surface area contributed by atoms with Crippen molar-refractivity contribution in [2.75, 3.05) is 6.61 Å². The Bertz CT molecular complexity index is 775. The summed E-state index contributed by atoms with van der Waals surface area (Å²) in [5.74, 6) is 1.10. The van der Waals surface area contributed by atoms with Gasteiger partial charge in [-0.05, 0) is 65.8 Å². The molecule has 148 valence electrons. The van der Waals surface area contributed by atoms with Gasteiger partial charge >= 0.3 is 0 Å². The first-order valence-corrected chi connectivity index (χ1v) is 9.90. The van der Waals surface area contributed by atoms with Gasteiger partial charge in [0, 0.05) is 0 Å². The molecule has 0 spiro atoms. The predicted molar refractivity (Wildman–Crippen MR) is 112 cm³/mol. The standard InChI is InChI=1S/C24H34O3/c1-7-23(3,4)18-12-13-20(25)19(16-18)24(5,6)15-14-17-10-9-11-21(26)22(17)27-8-2/h9-13,16,25-26H,7-8,14-15H2,1-6H3. The molecule has 2 aromatic rings. The van der Waals surface area contributed by atoms with Crippen molar-refractivity contribution in [3.8, 4) is 17.2 Å². The lowest BCUT2D eigenvalue weighted by atomic mass is 9.75. The van der Waals surface area contributed by atoms with Gasteiger partial charge in [-0.25, -0.2) is 0 Å². The second-order valence-corrected chi connectivity index (χ2v) is 8.55. The molecule has 0 fully saturated rings. The van der Waals surface area contributed by atoms with Gasteiger partial charge in [0.1, 0.15) is 5.75 Å². The molecule has 0 saturated carbocycles. The van der Waals surface area contributed by atoms with E-state index in [-0.39, 0.29) is 16.6 Å². The van der Waals surface area contributed by atoms with Crippen LogP contribution in [0.3, 0.4) is 0 Å². The van der Waals surface area contributed by atoms with Crippen LogP contribution in [0.2, 0.25) is 0 Å². The maximum Gasteiger partial charge on any atom is 0.164 e. The molecule has 2 aromatic carbocycles. The van der Waals surface area contributed by atoms with Gasteiger partial charge in [0.05, 0.1) is 6.61 Å². The Morgan fingerprint density at radius 3 is 2.22 bits per heavy atom. The van der Waals surface area contributed by atoms with Gasteiger partial charge in [-0.1, -0.05) is 58.9 Å². The summed E-state index contributed by atoms with van der Waals surface area (Å²) in [5, 5.41) is 20.6. The Balaban J connectivity index is 2.30. The Morgan fingerprint density at radius 2 is 1.59 bits per heavy atom. The third kappa shape index (κ3) is 4.77. The second-order valence-electron chi connectivity index (χ2n) is 8.55. The van der Waals surface area contributed by atoms with Gasteiger partial charge < -0.3 is 14.9 Å². The summed E-state index contributed by atoms with van der Waals surface area (Å²) in [6.07, 6.45) is 2.64. The summed E-state index contributed by atoms with van der Waals surface area (Å²) in [7, 11) is 0. The zero-order chi connectivity index (χ0) is 20.2. The Morgan fingerprint density at radius 1 is 0.889 bits per heavy atom. The van der Waals surface area contributed by atoms with Crippen molar-refractivity contribution >= 4 is 0 Å². The Labute approximate surface area is 164 Å². The minimum Gasteiger partial charge on any atom is -0.508 e. The molecule has 3 heteroatoms. The summed E-state index contributed by atoms with van der Waals surface area (Å²) in [6.45, 7) is 13.4. The van der Waals surface area contributed by atoms with Gasteiger partial charge in [0.2, 0.25) is 0 Å². The first-order valence-electron chi connectivity index (χ1n) is 9.90. The number of ether oxygens (including phenoxy) is 1. The molecule has 0 atom stereocenters. The highest BCUT2D eigenvalue weighted by Crippen LogP contribution is 2.40. The minimum absolute atomic E-state index is 0.0753. The van der Waals surface area contributed by atoms with Crippen molar-refractivity contribution in [1.82, 2.24) is 0 Å². The van der Waals surface area contributed by atoms with Gasteiger partial charge in [0.25, 0.3) is 0 Å². The monoisotopic (exact) mass is 370 g/mol. The molecule has 0 bridgehead atoms. The van der Waals surface area contributed by atoms with Gasteiger partial charge in [0.15, 0.2) is 11.5 Å². The first kappa shape index (κ1) is 21.1. The summed E-state index contributed by atoms with van der Waals surface area (Å²) >= 11 is 0. The molecule has 0 radical (unpaired) electrons. The maximum atomic E-state index is 10.5. The molecule has 3 nitrogen and oxygen atoms in total. The highest BCUT2D eigenvalue weighted by Gasteiger charge is 2.27. The third-order valence-electron chi connectivity index (χ3n) is 5.77. The van der Waals surface area contributed by atoms with E-state index in [0.717, 1.165) is 30.4 Å². The van der Waals surface area contributed by atoms with Crippen LogP contribution in [0.1, 0.15) is 71.1 Å². The summed E-state index contributed by atoms with van der Waals surface area (Å²) in [6, 6.07) is 11.5. The van der Waals surface area contributed by atoms with E-state index in [4.69, 9.17) is 4.74 Å². The lowest BCUT2D eigenvalue weighted by Gasteiger charge is -2.30. The van der Waals surface area contributed by atoms with Crippen molar-refractivity contribution in [3.05, 3.63) is 53.1 Å². The number of para-hydroxylation sites is 1. The van der Waals surface area contributed by atoms with E-state index in [1.165, 1.54) is 5.56 Å². The molecule has 2 rings (SSSR count). The average molecular weight is 371 g/mol. The minimum atomic E-state index is -0.209. The van der Waals surface area contributed by atoms with Crippen molar-refractivity contribution in [3.63, 3.8) is 0 Å². The molecule has 0 aliphatic rings. The SMILES string of the molecule is CCOc1c(O)cccc1CCC(C)(C)c1cc(C(C)(C)CC)ccc1O. The number of aryl methyl sites for hydroxylation is 1. The first-order chi connectivity index (χ1) is 12.6. The average Bonchev–Trinajstić information content (AvgIpc) is 2.62. The largest absolute Gasteiger partial charge is 0.508 e. The molecule has 27 heavy (non-hydrogen) atoms. The Hall–Kier alpha value is -2.16. The van der Waals surface area contributed by atoms with Crippen LogP contribution in [0.25, 0.3) is 0 Å². The van der Waals surface area contributed by atoms with E-state index in [2.05, 4.69) is 40.7 Å². The lowest BCUT2D eigenvalue weighted by molar-refractivity contribution is 0.313. The van der Waals surface area contributed by atoms with E-state index in [0.29, 0.717) is 18.1 Å². The van der Waals surface area contributed by atoms with Gasteiger partial charge in [-0.15, -0.1) is 0 Å². The number of rotatable bonds is 8. The van der Waals surface area contributed by atoms with Gasteiger partial charge in [-0.2, -0.15) is 0 Å². The normalized spacial score (nSPS) is 12.2. The van der Waals surface area contributed by atoms with Crippen molar-refractivity contribution < 1.29 is 14.9 Å². The van der Waals surface area contributed by atoms with Crippen LogP contribution < -0.4 is 4.74 Å². The fourth-order valence-corrected chi connectivity index (χ4v) is 3.36. The quantitative estimate of drug-likeness (QED) is 0.591. The molecule has 0 aliphatic carbocycles. The van der Waals surface area contributed by atoms with Crippen LogP contribution in [-0.4, -0.2) is 16.8 Å².